The SMILES string of the molecule is c1ccc(NC2CCc3c(-c4ccccc4)[nH]c4cccc2c34)cc1. The molecule has 3 aromatic carbocycles. The molecule has 0 amide bonds. The van der Waals surface area contributed by atoms with E-state index < -0.39 is 0 Å². The number of anilines is 1. The summed E-state index contributed by atoms with van der Waals surface area (Å²) in [5.74, 6) is 0. The summed E-state index contributed by atoms with van der Waals surface area (Å²) in [6.07, 6.45) is 2.20. The Hall–Kier alpha value is -3.00. The molecule has 0 radical (unpaired) electrons. The summed E-state index contributed by atoms with van der Waals surface area (Å²) in [6, 6.07) is 28.2. The summed E-state index contributed by atoms with van der Waals surface area (Å²) >= 11 is 0. The second kappa shape index (κ2) is 5.82. The number of aromatic amines is 1. The first-order valence-corrected chi connectivity index (χ1v) is 8.90. The summed E-state index contributed by atoms with van der Waals surface area (Å²) in [4.78, 5) is 3.67. The summed E-state index contributed by atoms with van der Waals surface area (Å²) in [7, 11) is 0. The molecule has 0 aliphatic heterocycles. The van der Waals surface area contributed by atoms with Gasteiger partial charge in [-0.3, -0.25) is 0 Å². The van der Waals surface area contributed by atoms with Gasteiger partial charge in [0.1, 0.15) is 0 Å². The van der Waals surface area contributed by atoms with Crippen molar-refractivity contribution in [3.8, 4) is 11.3 Å². The van der Waals surface area contributed by atoms with Crippen molar-refractivity contribution >= 4 is 16.6 Å². The zero-order chi connectivity index (χ0) is 16.6. The standard InChI is InChI=1S/C23H20N2/c1-3-8-16(9-4-1)23-19-14-15-20(24-17-10-5-2-6-11-17)18-12-7-13-21(25-23)22(18)19/h1-13,20,24-25H,14-15H2. The number of aromatic nitrogens is 1. The van der Waals surface area contributed by atoms with Crippen molar-refractivity contribution in [2.75, 3.05) is 5.32 Å². The molecule has 1 aliphatic carbocycles. The van der Waals surface area contributed by atoms with E-state index in [4.69, 9.17) is 0 Å². The largest absolute Gasteiger partial charge is 0.378 e. The third kappa shape index (κ3) is 2.42. The number of nitrogens with one attached hydrogen (secondary N) is 2. The lowest BCUT2D eigenvalue weighted by molar-refractivity contribution is 0.685. The van der Waals surface area contributed by atoms with E-state index in [-0.39, 0.29) is 0 Å². The van der Waals surface area contributed by atoms with Gasteiger partial charge in [-0.15, -0.1) is 0 Å². The van der Waals surface area contributed by atoms with Crippen LogP contribution in [-0.4, -0.2) is 4.98 Å². The fourth-order valence-corrected chi connectivity index (χ4v) is 4.07. The van der Waals surface area contributed by atoms with Crippen molar-refractivity contribution < 1.29 is 0 Å². The molecule has 0 spiro atoms. The fraction of sp³-hybridized carbons (Fsp3) is 0.130. The van der Waals surface area contributed by atoms with E-state index in [9.17, 15) is 0 Å². The van der Waals surface area contributed by atoms with Crippen molar-refractivity contribution in [1.29, 1.82) is 0 Å². The molecule has 0 fully saturated rings. The highest BCUT2D eigenvalue weighted by atomic mass is 14.9. The van der Waals surface area contributed by atoms with Gasteiger partial charge < -0.3 is 10.3 Å². The third-order valence-electron chi connectivity index (χ3n) is 5.20. The van der Waals surface area contributed by atoms with Crippen molar-refractivity contribution in [2.45, 2.75) is 18.9 Å². The predicted molar refractivity (Wildman–Crippen MR) is 105 cm³/mol. The molecule has 2 N–H and O–H groups in total. The molecular formula is C23H20N2. The second-order valence-electron chi connectivity index (χ2n) is 6.72. The molecule has 0 saturated heterocycles. The first-order chi connectivity index (χ1) is 12.4. The number of hydrogen-bond donors (Lipinski definition) is 2. The highest BCUT2D eigenvalue weighted by molar-refractivity contribution is 5.94. The molecule has 1 unspecified atom stereocenters. The molecule has 1 aromatic heterocycles. The quantitative estimate of drug-likeness (QED) is 0.480. The molecule has 2 heteroatoms. The van der Waals surface area contributed by atoms with Crippen LogP contribution in [0, 0.1) is 0 Å². The van der Waals surface area contributed by atoms with Gasteiger partial charge in [-0.2, -0.15) is 0 Å². The highest BCUT2D eigenvalue weighted by Crippen LogP contribution is 2.41. The summed E-state index contributed by atoms with van der Waals surface area (Å²) < 4.78 is 0. The Morgan fingerprint density at radius 1 is 0.800 bits per heavy atom. The maximum Gasteiger partial charge on any atom is 0.0523 e. The minimum absolute atomic E-state index is 0.359. The van der Waals surface area contributed by atoms with Gasteiger partial charge in [0.25, 0.3) is 0 Å². The van der Waals surface area contributed by atoms with Crippen LogP contribution in [0.1, 0.15) is 23.6 Å². The van der Waals surface area contributed by atoms with Crippen molar-refractivity contribution in [3.05, 3.63) is 90.0 Å². The molecular weight excluding hydrogens is 304 g/mol. The van der Waals surface area contributed by atoms with Gasteiger partial charge in [-0.25, -0.2) is 0 Å². The fourth-order valence-electron chi connectivity index (χ4n) is 4.07. The van der Waals surface area contributed by atoms with E-state index in [1.165, 1.54) is 39.0 Å². The zero-order valence-electron chi connectivity index (χ0n) is 14.0. The predicted octanol–water partition coefficient (Wildman–Crippen LogP) is 5.93. The van der Waals surface area contributed by atoms with Crippen molar-refractivity contribution in [3.63, 3.8) is 0 Å². The maximum atomic E-state index is 3.72. The highest BCUT2D eigenvalue weighted by Gasteiger charge is 2.25. The number of H-pyrrole nitrogens is 1. The lowest BCUT2D eigenvalue weighted by Crippen LogP contribution is -2.15. The van der Waals surface area contributed by atoms with E-state index in [1.54, 1.807) is 0 Å². The zero-order valence-corrected chi connectivity index (χ0v) is 14.0. The lowest BCUT2D eigenvalue weighted by atomic mass is 9.86. The summed E-state index contributed by atoms with van der Waals surface area (Å²) in [6.45, 7) is 0. The van der Waals surface area contributed by atoms with Gasteiger partial charge >= 0.3 is 0 Å². The number of aryl methyl sites for hydroxylation is 1. The van der Waals surface area contributed by atoms with Crippen LogP contribution in [-0.2, 0) is 6.42 Å². The number of hydrogen-bond acceptors (Lipinski definition) is 1. The minimum Gasteiger partial charge on any atom is -0.378 e. The van der Waals surface area contributed by atoms with E-state index >= 15 is 0 Å². The smallest absolute Gasteiger partial charge is 0.0523 e. The molecule has 1 heterocycles. The van der Waals surface area contributed by atoms with Gasteiger partial charge in [0.05, 0.1) is 6.04 Å². The molecule has 2 nitrogen and oxygen atoms in total. The first-order valence-electron chi connectivity index (χ1n) is 8.90. The Bertz CT molecular complexity index is 1020. The molecule has 0 saturated carbocycles. The Kier molecular flexibility index (Phi) is 3.34. The van der Waals surface area contributed by atoms with Gasteiger partial charge in [-0.05, 0) is 47.7 Å². The lowest BCUT2D eigenvalue weighted by Gasteiger charge is -2.26. The Labute approximate surface area is 147 Å². The molecule has 122 valence electrons. The van der Waals surface area contributed by atoms with Crippen molar-refractivity contribution in [1.82, 2.24) is 4.98 Å². The van der Waals surface area contributed by atoms with Crippen LogP contribution >= 0.6 is 0 Å². The Morgan fingerprint density at radius 3 is 2.36 bits per heavy atom. The van der Waals surface area contributed by atoms with E-state index in [0.717, 1.165) is 12.8 Å². The molecule has 25 heavy (non-hydrogen) atoms. The van der Waals surface area contributed by atoms with Crippen LogP contribution in [0.3, 0.4) is 0 Å². The minimum atomic E-state index is 0.359. The van der Waals surface area contributed by atoms with Crippen LogP contribution in [0.25, 0.3) is 22.2 Å². The summed E-state index contributed by atoms with van der Waals surface area (Å²) in [5.41, 5.74) is 7.84. The Balaban J connectivity index is 1.62. The first kappa shape index (κ1) is 14.4. The molecule has 1 atom stereocenters. The normalized spacial score (nSPS) is 16.1. The molecule has 5 rings (SSSR count). The molecule has 4 aromatic rings. The maximum absolute atomic E-state index is 3.72. The van der Waals surface area contributed by atoms with Crippen LogP contribution in [0.5, 0.6) is 0 Å². The van der Waals surface area contributed by atoms with Crippen LogP contribution < -0.4 is 5.32 Å². The third-order valence-corrected chi connectivity index (χ3v) is 5.20. The van der Waals surface area contributed by atoms with Gasteiger partial charge in [0.2, 0.25) is 0 Å². The van der Waals surface area contributed by atoms with Crippen molar-refractivity contribution in [2.24, 2.45) is 0 Å². The number of benzene rings is 3. The average molecular weight is 324 g/mol. The van der Waals surface area contributed by atoms with Crippen LogP contribution in [0.2, 0.25) is 0 Å². The van der Waals surface area contributed by atoms with Crippen LogP contribution in [0.4, 0.5) is 5.69 Å². The average Bonchev–Trinajstić information content (AvgIpc) is 3.06. The van der Waals surface area contributed by atoms with Crippen LogP contribution in [0.15, 0.2) is 78.9 Å². The number of para-hydroxylation sites is 1. The van der Waals surface area contributed by atoms with E-state index in [0.29, 0.717) is 6.04 Å². The number of rotatable bonds is 3. The second-order valence-corrected chi connectivity index (χ2v) is 6.72. The summed E-state index contributed by atoms with van der Waals surface area (Å²) in [5, 5.41) is 5.12. The Morgan fingerprint density at radius 2 is 1.56 bits per heavy atom. The van der Waals surface area contributed by atoms with E-state index in [1.807, 2.05) is 0 Å². The van der Waals surface area contributed by atoms with Gasteiger partial charge in [0, 0.05) is 22.3 Å². The molecule has 1 aliphatic rings. The monoisotopic (exact) mass is 324 g/mol. The van der Waals surface area contributed by atoms with E-state index in [2.05, 4.69) is 89.2 Å². The molecule has 0 bridgehead atoms. The van der Waals surface area contributed by atoms with Gasteiger partial charge in [0.15, 0.2) is 0 Å². The van der Waals surface area contributed by atoms with Gasteiger partial charge in [-0.1, -0.05) is 60.7 Å². The topological polar surface area (TPSA) is 27.8 Å².